The van der Waals surface area contributed by atoms with Gasteiger partial charge in [0.15, 0.2) is 0 Å². The molecule has 0 saturated carbocycles. The van der Waals surface area contributed by atoms with Gasteiger partial charge in [0, 0.05) is 5.70 Å². The second kappa shape index (κ2) is 2.51. The fourth-order valence-electron chi connectivity index (χ4n) is 0.123. The molecule has 0 amide bonds. The van der Waals surface area contributed by atoms with Crippen molar-refractivity contribution >= 4 is 7.98 Å². The molecular weight excluding hydrogens is 84.9 g/mol. The van der Waals surface area contributed by atoms with Crippen LogP contribution in [0.25, 0.3) is 0 Å². The monoisotopic (exact) mass is 93.1 g/mol. The van der Waals surface area contributed by atoms with E-state index in [0.717, 1.165) is 5.57 Å². The summed E-state index contributed by atoms with van der Waals surface area (Å²) < 4.78 is 0. The first-order valence-electron chi connectivity index (χ1n) is 2.00. The van der Waals surface area contributed by atoms with E-state index in [4.69, 9.17) is 7.98 Å². The number of allylic oxidation sites excluding steroid dienone is 1. The molecule has 0 atom stereocenters. The molecule has 2 heteroatoms. The number of hydrogen-bond donors (Lipinski definition) is 1. The molecule has 2 radical (unpaired) electrons. The first-order chi connectivity index (χ1) is 3.18. The molecule has 0 heterocycles. The first kappa shape index (κ1) is 6.34. The third-order valence-electron chi connectivity index (χ3n) is 0.689. The molecule has 1 nitrogen and oxygen atoms in total. The minimum absolute atomic E-state index is 0.681. The van der Waals surface area contributed by atoms with Gasteiger partial charge in [-0.1, -0.05) is 13.2 Å². The lowest BCUT2D eigenvalue weighted by molar-refractivity contribution is 1.21. The van der Waals surface area contributed by atoms with Gasteiger partial charge in [-0.15, -0.1) is 0 Å². The van der Waals surface area contributed by atoms with E-state index in [1.54, 1.807) is 0 Å². The Bertz CT molecular complexity index is 96.3. The first-order valence-corrected chi connectivity index (χ1v) is 2.00. The second-order valence-electron chi connectivity index (χ2n) is 1.40. The molecule has 0 rings (SSSR count). The molecule has 0 aliphatic heterocycles. The Kier molecular flexibility index (Phi) is 2.27. The maximum absolute atomic E-state index is 4.96. The molecule has 0 aliphatic carbocycles. The van der Waals surface area contributed by atoms with E-state index in [1.807, 2.05) is 6.92 Å². The van der Waals surface area contributed by atoms with E-state index < -0.39 is 0 Å². The fourth-order valence-corrected chi connectivity index (χ4v) is 0.123. The summed E-state index contributed by atoms with van der Waals surface area (Å²) in [5, 5.41) is 2.37. The number of nitrogens with one attached hydrogen (secondary N) is 1. The van der Waals surface area contributed by atoms with Gasteiger partial charge in [-0.25, -0.2) is 0 Å². The van der Waals surface area contributed by atoms with E-state index in [9.17, 15) is 0 Å². The van der Waals surface area contributed by atoms with Gasteiger partial charge in [-0.3, -0.25) is 0 Å². The zero-order valence-corrected chi connectivity index (χ0v) is 4.49. The highest BCUT2D eigenvalue weighted by atomic mass is 14.7. The van der Waals surface area contributed by atoms with Crippen LogP contribution in [-0.2, 0) is 0 Å². The standard InChI is InChI=1S/C5H8BN/c1-4(2)5(3)7-6/h7H,1,3H2,2H3. The van der Waals surface area contributed by atoms with Gasteiger partial charge in [-0.2, -0.15) is 0 Å². The number of rotatable bonds is 2. The highest BCUT2D eigenvalue weighted by Gasteiger charge is 1.83. The third kappa shape index (κ3) is 2.09. The Morgan fingerprint density at radius 2 is 2.00 bits per heavy atom. The Morgan fingerprint density at radius 3 is 2.00 bits per heavy atom. The average Bonchev–Trinajstić information content (AvgIpc) is 1.65. The maximum Gasteiger partial charge on any atom is 0.222 e. The molecule has 0 fully saturated rings. The summed E-state index contributed by atoms with van der Waals surface area (Å²) in [6, 6.07) is 0. The molecular formula is C5H8BN. The molecule has 36 valence electrons. The molecule has 7 heavy (non-hydrogen) atoms. The van der Waals surface area contributed by atoms with Crippen LogP contribution in [0.5, 0.6) is 0 Å². The van der Waals surface area contributed by atoms with Crippen molar-refractivity contribution in [2.75, 3.05) is 0 Å². The Hall–Kier alpha value is -0.655. The number of hydrogen-bond acceptors (Lipinski definition) is 1. The second-order valence-corrected chi connectivity index (χ2v) is 1.40. The van der Waals surface area contributed by atoms with Crippen molar-refractivity contribution in [1.82, 2.24) is 5.23 Å². The minimum atomic E-state index is 0.681. The van der Waals surface area contributed by atoms with Crippen LogP contribution in [0.3, 0.4) is 0 Å². The van der Waals surface area contributed by atoms with Crippen molar-refractivity contribution in [2.45, 2.75) is 6.92 Å². The van der Waals surface area contributed by atoms with E-state index >= 15 is 0 Å². The Balaban J connectivity index is 3.58. The molecule has 0 spiro atoms. The molecule has 0 bridgehead atoms. The van der Waals surface area contributed by atoms with Crippen molar-refractivity contribution in [3.05, 3.63) is 24.4 Å². The highest BCUT2D eigenvalue weighted by molar-refractivity contribution is 6.05. The maximum atomic E-state index is 4.96. The van der Waals surface area contributed by atoms with Gasteiger partial charge in [0.2, 0.25) is 7.98 Å². The van der Waals surface area contributed by atoms with E-state index in [2.05, 4.69) is 18.4 Å². The zero-order valence-electron chi connectivity index (χ0n) is 4.49. The summed E-state index contributed by atoms with van der Waals surface area (Å²) >= 11 is 0. The molecule has 1 N–H and O–H groups in total. The van der Waals surface area contributed by atoms with Crippen molar-refractivity contribution in [3.8, 4) is 0 Å². The smallest absolute Gasteiger partial charge is 0.222 e. The summed E-state index contributed by atoms with van der Waals surface area (Å²) in [5.74, 6) is 0. The van der Waals surface area contributed by atoms with Crippen molar-refractivity contribution < 1.29 is 0 Å². The summed E-state index contributed by atoms with van der Waals surface area (Å²) in [7, 11) is 4.96. The van der Waals surface area contributed by atoms with Crippen LogP contribution in [0.2, 0.25) is 0 Å². The van der Waals surface area contributed by atoms with Gasteiger partial charge in [-0.05, 0) is 12.5 Å². The van der Waals surface area contributed by atoms with Crippen molar-refractivity contribution in [2.24, 2.45) is 0 Å². The summed E-state index contributed by atoms with van der Waals surface area (Å²) in [4.78, 5) is 0. The quantitative estimate of drug-likeness (QED) is 0.392. The van der Waals surface area contributed by atoms with Crippen LogP contribution in [-0.4, -0.2) is 7.98 Å². The lowest BCUT2D eigenvalue weighted by Gasteiger charge is -1.99. The van der Waals surface area contributed by atoms with Gasteiger partial charge >= 0.3 is 0 Å². The Morgan fingerprint density at radius 1 is 1.57 bits per heavy atom. The third-order valence-corrected chi connectivity index (χ3v) is 0.689. The van der Waals surface area contributed by atoms with Crippen molar-refractivity contribution in [3.63, 3.8) is 0 Å². The molecule has 0 aromatic carbocycles. The minimum Gasteiger partial charge on any atom is -0.438 e. The fraction of sp³-hybridized carbons (Fsp3) is 0.200. The van der Waals surface area contributed by atoms with Crippen LogP contribution < -0.4 is 5.23 Å². The van der Waals surface area contributed by atoms with Crippen LogP contribution in [0.1, 0.15) is 6.92 Å². The average molecular weight is 92.9 g/mol. The lowest BCUT2D eigenvalue weighted by Crippen LogP contribution is -2.06. The predicted molar refractivity (Wildman–Crippen MR) is 32.8 cm³/mol. The SMILES string of the molecule is [B]NC(=C)C(=C)C. The lowest BCUT2D eigenvalue weighted by atomic mass is 10.2. The molecule has 0 saturated heterocycles. The largest absolute Gasteiger partial charge is 0.438 e. The van der Waals surface area contributed by atoms with Crippen molar-refractivity contribution in [1.29, 1.82) is 0 Å². The van der Waals surface area contributed by atoms with Gasteiger partial charge in [0.05, 0.1) is 0 Å². The summed E-state index contributed by atoms with van der Waals surface area (Å²) in [6.07, 6.45) is 0. The van der Waals surface area contributed by atoms with Gasteiger partial charge in [0.25, 0.3) is 0 Å². The van der Waals surface area contributed by atoms with Gasteiger partial charge < -0.3 is 5.23 Å². The highest BCUT2D eigenvalue weighted by Crippen LogP contribution is 1.94. The summed E-state index contributed by atoms with van der Waals surface area (Å²) in [5.41, 5.74) is 1.54. The topological polar surface area (TPSA) is 12.0 Å². The zero-order chi connectivity index (χ0) is 5.86. The van der Waals surface area contributed by atoms with E-state index in [-0.39, 0.29) is 0 Å². The van der Waals surface area contributed by atoms with E-state index in [1.165, 1.54) is 0 Å². The van der Waals surface area contributed by atoms with Crippen LogP contribution in [0.15, 0.2) is 24.4 Å². The predicted octanol–water partition coefficient (Wildman–Crippen LogP) is 0.749. The molecule has 0 aliphatic rings. The molecule has 0 aromatic heterocycles. The molecule has 0 unspecified atom stereocenters. The van der Waals surface area contributed by atoms with Crippen LogP contribution >= 0.6 is 0 Å². The van der Waals surface area contributed by atoms with Crippen LogP contribution in [0.4, 0.5) is 0 Å². The van der Waals surface area contributed by atoms with Gasteiger partial charge in [0.1, 0.15) is 0 Å². The Labute approximate surface area is 45.5 Å². The molecule has 0 aromatic rings. The summed E-state index contributed by atoms with van der Waals surface area (Å²) in [6.45, 7) is 8.96. The normalized spacial score (nSPS) is 7.57. The van der Waals surface area contributed by atoms with E-state index in [0.29, 0.717) is 5.70 Å². The van der Waals surface area contributed by atoms with Crippen LogP contribution in [0, 0.1) is 0 Å².